The van der Waals surface area contributed by atoms with E-state index in [2.05, 4.69) is 15.3 Å². The molecule has 1 unspecified atom stereocenters. The van der Waals surface area contributed by atoms with E-state index in [1.807, 2.05) is 24.3 Å². The summed E-state index contributed by atoms with van der Waals surface area (Å²) >= 11 is 6.04. The van der Waals surface area contributed by atoms with Crippen LogP contribution in [-0.2, 0) is 4.74 Å². The van der Waals surface area contributed by atoms with Crippen LogP contribution in [-0.4, -0.2) is 35.6 Å². The summed E-state index contributed by atoms with van der Waals surface area (Å²) in [5, 5.41) is 3.24. The van der Waals surface area contributed by atoms with Gasteiger partial charge in [0.25, 0.3) is 0 Å². The number of hydrogen-bond donors (Lipinski definition) is 1. The molecule has 1 N–H and O–H groups in total. The van der Waals surface area contributed by atoms with Crippen LogP contribution in [0.2, 0.25) is 0 Å². The number of aromatic nitrogens is 2. The molecule has 2 aromatic rings. The molecule has 2 rings (SSSR count). The number of nitrogens with one attached hydrogen (secondary N) is 1. The van der Waals surface area contributed by atoms with Gasteiger partial charge in [0.15, 0.2) is 0 Å². The van der Waals surface area contributed by atoms with Crippen molar-refractivity contribution in [2.45, 2.75) is 11.8 Å². The first-order chi connectivity index (χ1) is 8.79. The zero-order chi connectivity index (χ0) is 12.8. The van der Waals surface area contributed by atoms with E-state index in [0.717, 1.165) is 29.8 Å². The molecule has 4 nitrogen and oxygen atoms in total. The van der Waals surface area contributed by atoms with Crippen molar-refractivity contribution < 1.29 is 4.74 Å². The molecule has 0 fully saturated rings. The first kappa shape index (κ1) is 13.1. The van der Waals surface area contributed by atoms with Crippen molar-refractivity contribution in [3.8, 4) is 0 Å². The number of benzene rings is 1. The quantitative estimate of drug-likeness (QED) is 0.816. The number of hydrogen-bond acceptors (Lipinski definition) is 4. The van der Waals surface area contributed by atoms with Crippen LogP contribution in [0.5, 0.6) is 0 Å². The van der Waals surface area contributed by atoms with Gasteiger partial charge in [-0.15, -0.1) is 11.6 Å². The van der Waals surface area contributed by atoms with E-state index in [4.69, 9.17) is 16.3 Å². The fourth-order valence-electron chi connectivity index (χ4n) is 1.66. The second kappa shape index (κ2) is 6.52. The summed E-state index contributed by atoms with van der Waals surface area (Å²) in [6.07, 6.45) is 2.56. The number of anilines is 1. The topological polar surface area (TPSA) is 47.0 Å². The normalized spacial score (nSPS) is 12.6. The van der Waals surface area contributed by atoms with Crippen LogP contribution in [0.15, 0.2) is 30.5 Å². The summed E-state index contributed by atoms with van der Waals surface area (Å²) in [4.78, 5) is 8.80. The lowest BCUT2D eigenvalue weighted by atomic mass is 10.3. The van der Waals surface area contributed by atoms with Crippen molar-refractivity contribution in [1.29, 1.82) is 0 Å². The molecule has 1 aromatic heterocycles. The lowest BCUT2D eigenvalue weighted by Crippen LogP contribution is -2.14. The third-order valence-corrected chi connectivity index (χ3v) is 2.90. The number of halogens is 1. The fraction of sp³-hybridized carbons (Fsp3) is 0.385. The molecule has 1 heterocycles. The lowest BCUT2D eigenvalue weighted by molar-refractivity contribution is 0.196. The molecule has 96 valence electrons. The van der Waals surface area contributed by atoms with Crippen molar-refractivity contribution in [2.24, 2.45) is 0 Å². The zero-order valence-electron chi connectivity index (χ0n) is 10.3. The second-order valence-electron chi connectivity index (χ2n) is 4.01. The molecule has 18 heavy (non-hydrogen) atoms. The predicted octanol–water partition coefficient (Wildman–Crippen LogP) is 2.69. The van der Waals surface area contributed by atoms with Crippen LogP contribution in [0.4, 0.5) is 5.82 Å². The van der Waals surface area contributed by atoms with Gasteiger partial charge in [-0.25, -0.2) is 4.98 Å². The van der Waals surface area contributed by atoms with Crippen molar-refractivity contribution >= 4 is 28.5 Å². The SMILES string of the molecule is COCC(Cl)CCNc1cnc2ccccc2n1. The molecule has 0 aliphatic carbocycles. The van der Waals surface area contributed by atoms with Gasteiger partial charge in [-0.2, -0.15) is 0 Å². The van der Waals surface area contributed by atoms with Crippen LogP contribution in [0.3, 0.4) is 0 Å². The molecular formula is C13H16ClN3O. The average molecular weight is 266 g/mol. The highest BCUT2D eigenvalue weighted by atomic mass is 35.5. The third kappa shape index (κ3) is 3.55. The Kier molecular flexibility index (Phi) is 4.73. The Bertz CT molecular complexity index is 506. The third-order valence-electron chi connectivity index (χ3n) is 2.56. The maximum absolute atomic E-state index is 6.04. The average Bonchev–Trinajstić information content (AvgIpc) is 2.39. The summed E-state index contributed by atoms with van der Waals surface area (Å²) in [5.74, 6) is 0.773. The molecule has 0 saturated heterocycles. The summed E-state index contributed by atoms with van der Waals surface area (Å²) in [7, 11) is 1.65. The molecule has 1 atom stereocenters. The molecule has 0 radical (unpaired) electrons. The molecule has 0 bridgehead atoms. The lowest BCUT2D eigenvalue weighted by Gasteiger charge is -2.09. The number of para-hydroxylation sites is 2. The molecule has 0 aliphatic rings. The Morgan fingerprint density at radius 3 is 2.89 bits per heavy atom. The predicted molar refractivity (Wildman–Crippen MR) is 74.2 cm³/mol. The highest BCUT2D eigenvalue weighted by Crippen LogP contribution is 2.11. The molecule has 0 saturated carbocycles. The highest BCUT2D eigenvalue weighted by molar-refractivity contribution is 6.20. The van der Waals surface area contributed by atoms with Gasteiger partial charge in [0.2, 0.25) is 0 Å². The minimum Gasteiger partial charge on any atom is -0.383 e. The monoisotopic (exact) mass is 265 g/mol. The zero-order valence-corrected chi connectivity index (χ0v) is 11.0. The van der Waals surface area contributed by atoms with Gasteiger partial charge in [0.1, 0.15) is 5.82 Å². The minimum atomic E-state index is 0.0240. The van der Waals surface area contributed by atoms with Crippen LogP contribution in [0, 0.1) is 0 Å². The smallest absolute Gasteiger partial charge is 0.145 e. The van der Waals surface area contributed by atoms with E-state index in [9.17, 15) is 0 Å². The first-order valence-corrected chi connectivity index (χ1v) is 6.32. The second-order valence-corrected chi connectivity index (χ2v) is 4.63. The molecule has 5 heteroatoms. The summed E-state index contributed by atoms with van der Waals surface area (Å²) < 4.78 is 4.98. The standard InChI is InChI=1S/C13H16ClN3O/c1-18-9-10(14)6-7-15-13-8-16-11-4-2-3-5-12(11)17-13/h2-5,8,10H,6-7,9H2,1H3,(H,15,17). The van der Waals surface area contributed by atoms with E-state index in [1.165, 1.54) is 0 Å². The number of alkyl halides is 1. The van der Waals surface area contributed by atoms with Gasteiger partial charge >= 0.3 is 0 Å². The van der Waals surface area contributed by atoms with E-state index in [-0.39, 0.29) is 5.38 Å². The Morgan fingerprint density at radius 2 is 2.11 bits per heavy atom. The minimum absolute atomic E-state index is 0.0240. The molecule has 0 amide bonds. The Hall–Kier alpha value is -1.39. The van der Waals surface area contributed by atoms with E-state index in [1.54, 1.807) is 13.3 Å². The van der Waals surface area contributed by atoms with Crippen molar-refractivity contribution in [3.05, 3.63) is 30.5 Å². The highest BCUT2D eigenvalue weighted by Gasteiger charge is 2.04. The molecule has 1 aromatic carbocycles. The van der Waals surface area contributed by atoms with Gasteiger partial charge in [-0.1, -0.05) is 12.1 Å². The van der Waals surface area contributed by atoms with Crippen molar-refractivity contribution in [3.63, 3.8) is 0 Å². The van der Waals surface area contributed by atoms with Gasteiger partial charge in [-0.3, -0.25) is 4.98 Å². The van der Waals surface area contributed by atoms with Gasteiger partial charge in [0, 0.05) is 13.7 Å². The van der Waals surface area contributed by atoms with Crippen molar-refractivity contribution in [2.75, 3.05) is 25.6 Å². The number of ether oxygens (including phenoxy) is 1. The summed E-state index contributed by atoms with van der Waals surface area (Å²) in [6.45, 7) is 1.32. The number of nitrogens with zero attached hydrogens (tertiary/aromatic N) is 2. The molecular weight excluding hydrogens is 250 g/mol. The van der Waals surface area contributed by atoms with Crippen LogP contribution < -0.4 is 5.32 Å². The van der Waals surface area contributed by atoms with E-state index < -0.39 is 0 Å². The van der Waals surface area contributed by atoms with E-state index >= 15 is 0 Å². The van der Waals surface area contributed by atoms with E-state index in [0.29, 0.717) is 6.61 Å². The fourth-order valence-corrected chi connectivity index (χ4v) is 1.90. The first-order valence-electron chi connectivity index (χ1n) is 5.88. The van der Waals surface area contributed by atoms with Gasteiger partial charge < -0.3 is 10.1 Å². The Morgan fingerprint density at radius 1 is 1.33 bits per heavy atom. The maximum atomic E-state index is 6.04. The number of methoxy groups -OCH3 is 1. The largest absolute Gasteiger partial charge is 0.383 e. The van der Waals surface area contributed by atoms with Crippen LogP contribution in [0.25, 0.3) is 11.0 Å². The molecule has 0 spiro atoms. The Labute approximate surface area is 111 Å². The molecule has 0 aliphatic heterocycles. The van der Waals surface area contributed by atoms with Crippen LogP contribution in [0.1, 0.15) is 6.42 Å². The maximum Gasteiger partial charge on any atom is 0.145 e. The van der Waals surface area contributed by atoms with Crippen molar-refractivity contribution in [1.82, 2.24) is 9.97 Å². The summed E-state index contributed by atoms with van der Waals surface area (Å²) in [6, 6.07) is 7.80. The number of fused-ring (bicyclic) bond motifs is 1. The summed E-state index contributed by atoms with van der Waals surface area (Å²) in [5.41, 5.74) is 1.79. The van der Waals surface area contributed by atoms with Crippen LogP contribution >= 0.6 is 11.6 Å². The van der Waals surface area contributed by atoms with Gasteiger partial charge in [-0.05, 0) is 18.6 Å². The Balaban J connectivity index is 1.91. The number of rotatable bonds is 6. The van der Waals surface area contributed by atoms with Gasteiger partial charge in [0.05, 0.1) is 29.2 Å².